The van der Waals surface area contributed by atoms with Crippen molar-refractivity contribution in [1.29, 1.82) is 0 Å². The number of amides is 3. The third-order valence-corrected chi connectivity index (χ3v) is 4.01. The van der Waals surface area contributed by atoms with Crippen LogP contribution in [-0.2, 0) is 20.8 Å². The number of piperidine rings is 1. The van der Waals surface area contributed by atoms with E-state index < -0.39 is 11.8 Å². The Morgan fingerprint density at radius 3 is 2.35 bits per heavy atom. The van der Waals surface area contributed by atoms with E-state index in [9.17, 15) is 19.5 Å². The number of benzene rings is 1. The molecule has 0 saturated carbocycles. The molecule has 0 aromatic heterocycles. The Balaban J connectivity index is 1.74. The Labute approximate surface area is 134 Å². The second-order valence-electron chi connectivity index (χ2n) is 5.64. The number of primary amides is 1. The van der Waals surface area contributed by atoms with Crippen molar-refractivity contribution in [2.75, 3.05) is 19.6 Å². The molecule has 23 heavy (non-hydrogen) atoms. The quantitative estimate of drug-likeness (QED) is 0.666. The van der Waals surface area contributed by atoms with Crippen LogP contribution in [0.4, 0.5) is 0 Å². The van der Waals surface area contributed by atoms with Crippen LogP contribution in [0.3, 0.4) is 0 Å². The van der Waals surface area contributed by atoms with Crippen LogP contribution in [0.5, 0.6) is 5.75 Å². The number of aromatic hydroxyl groups is 1. The summed E-state index contributed by atoms with van der Waals surface area (Å²) in [6.07, 6.45) is 1.58. The molecule has 7 heteroatoms. The Morgan fingerprint density at radius 2 is 1.78 bits per heavy atom. The van der Waals surface area contributed by atoms with Gasteiger partial charge in [-0.15, -0.1) is 0 Å². The normalized spacial score (nSPS) is 15.2. The monoisotopic (exact) mass is 319 g/mol. The predicted molar refractivity (Wildman–Crippen MR) is 83.3 cm³/mol. The van der Waals surface area contributed by atoms with Crippen LogP contribution in [0.15, 0.2) is 24.3 Å². The smallest absolute Gasteiger partial charge is 0.311 e. The molecule has 1 fully saturated rings. The molecule has 1 aliphatic rings. The fraction of sp³-hybridized carbons (Fsp3) is 0.438. The predicted octanol–water partition coefficient (Wildman–Crippen LogP) is -0.225. The summed E-state index contributed by atoms with van der Waals surface area (Å²) >= 11 is 0. The van der Waals surface area contributed by atoms with Gasteiger partial charge >= 0.3 is 11.8 Å². The van der Waals surface area contributed by atoms with Crippen molar-refractivity contribution in [3.05, 3.63) is 29.8 Å². The van der Waals surface area contributed by atoms with Gasteiger partial charge in [-0.05, 0) is 37.0 Å². The molecule has 0 radical (unpaired) electrons. The van der Waals surface area contributed by atoms with Crippen molar-refractivity contribution in [1.82, 2.24) is 10.2 Å². The maximum Gasteiger partial charge on any atom is 0.311 e. The largest absolute Gasteiger partial charge is 0.508 e. The van der Waals surface area contributed by atoms with E-state index in [1.807, 2.05) is 0 Å². The average molecular weight is 319 g/mol. The number of rotatable bonds is 4. The SMILES string of the molecule is NC(=O)C1CCN(C(=O)C(=O)NCCc2ccc(O)cc2)CC1. The molecule has 2 rings (SSSR count). The highest BCUT2D eigenvalue weighted by atomic mass is 16.3. The van der Waals surface area contributed by atoms with Crippen LogP contribution in [0.1, 0.15) is 18.4 Å². The summed E-state index contributed by atoms with van der Waals surface area (Å²) < 4.78 is 0. The summed E-state index contributed by atoms with van der Waals surface area (Å²) in [5.41, 5.74) is 6.20. The second-order valence-corrected chi connectivity index (χ2v) is 5.64. The Morgan fingerprint density at radius 1 is 1.17 bits per heavy atom. The van der Waals surface area contributed by atoms with Gasteiger partial charge in [-0.3, -0.25) is 14.4 Å². The lowest BCUT2D eigenvalue weighted by molar-refractivity contribution is -0.147. The summed E-state index contributed by atoms with van der Waals surface area (Å²) in [6.45, 7) is 1.09. The number of likely N-dealkylation sites (tertiary alicyclic amines) is 1. The van der Waals surface area contributed by atoms with Gasteiger partial charge in [-0.25, -0.2) is 0 Å². The average Bonchev–Trinajstić information content (AvgIpc) is 2.56. The van der Waals surface area contributed by atoms with Crippen molar-refractivity contribution in [3.63, 3.8) is 0 Å². The van der Waals surface area contributed by atoms with Gasteiger partial charge < -0.3 is 21.1 Å². The molecule has 0 bridgehead atoms. The number of carbonyl (C=O) groups is 3. The fourth-order valence-corrected chi connectivity index (χ4v) is 2.57. The zero-order valence-corrected chi connectivity index (χ0v) is 12.8. The van der Waals surface area contributed by atoms with E-state index in [4.69, 9.17) is 5.73 Å². The molecular weight excluding hydrogens is 298 g/mol. The summed E-state index contributed by atoms with van der Waals surface area (Å²) in [5.74, 6) is -1.58. The van der Waals surface area contributed by atoms with Gasteiger partial charge in [0.1, 0.15) is 5.75 Å². The highest BCUT2D eigenvalue weighted by Gasteiger charge is 2.28. The molecule has 4 N–H and O–H groups in total. The van der Waals surface area contributed by atoms with Gasteiger partial charge in [-0.2, -0.15) is 0 Å². The molecule has 0 atom stereocenters. The number of nitrogens with two attached hydrogens (primary N) is 1. The van der Waals surface area contributed by atoms with E-state index in [1.54, 1.807) is 24.3 Å². The van der Waals surface area contributed by atoms with Crippen LogP contribution < -0.4 is 11.1 Å². The topological polar surface area (TPSA) is 113 Å². The summed E-state index contributed by atoms with van der Waals surface area (Å²) in [5, 5.41) is 11.8. The second kappa shape index (κ2) is 7.62. The maximum atomic E-state index is 12.0. The molecule has 0 aliphatic carbocycles. The van der Waals surface area contributed by atoms with Gasteiger partial charge in [0.2, 0.25) is 5.91 Å². The third-order valence-electron chi connectivity index (χ3n) is 4.01. The van der Waals surface area contributed by atoms with Crippen molar-refractivity contribution in [2.45, 2.75) is 19.3 Å². The highest BCUT2D eigenvalue weighted by Crippen LogP contribution is 2.16. The molecule has 1 aromatic rings. The lowest BCUT2D eigenvalue weighted by atomic mass is 9.96. The zero-order valence-electron chi connectivity index (χ0n) is 12.8. The minimum atomic E-state index is -0.638. The molecule has 7 nitrogen and oxygen atoms in total. The van der Waals surface area contributed by atoms with Crippen molar-refractivity contribution in [3.8, 4) is 5.75 Å². The van der Waals surface area contributed by atoms with Crippen LogP contribution in [-0.4, -0.2) is 47.4 Å². The maximum absolute atomic E-state index is 12.0. The first-order valence-corrected chi connectivity index (χ1v) is 7.61. The number of nitrogens with zero attached hydrogens (tertiary/aromatic N) is 1. The molecule has 1 saturated heterocycles. The molecule has 1 aromatic carbocycles. The standard InChI is InChI=1S/C16H21N3O4/c17-14(21)12-6-9-19(10-7-12)16(23)15(22)18-8-5-11-1-3-13(20)4-2-11/h1-4,12,20H,5-10H2,(H2,17,21)(H,18,22). The minimum absolute atomic E-state index is 0.187. The van der Waals surface area contributed by atoms with Gasteiger partial charge in [0, 0.05) is 25.6 Å². The van der Waals surface area contributed by atoms with Gasteiger partial charge in [-0.1, -0.05) is 12.1 Å². The van der Waals surface area contributed by atoms with Crippen LogP contribution >= 0.6 is 0 Å². The van der Waals surface area contributed by atoms with Gasteiger partial charge in [0.25, 0.3) is 0 Å². The first-order valence-electron chi connectivity index (χ1n) is 7.61. The summed E-state index contributed by atoms with van der Waals surface area (Å²) in [4.78, 5) is 36.4. The minimum Gasteiger partial charge on any atom is -0.508 e. The van der Waals surface area contributed by atoms with Crippen LogP contribution in [0.25, 0.3) is 0 Å². The Hall–Kier alpha value is -2.57. The molecule has 0 unspecified atom stereocenters. The Bertz CT molecular complexity index is 577. The number of hydrogen-bond acceptors (Lipinski definition) is 4. The van der Waals surface area contributed by atoms with E-state index in [0.717, 1.165) is 5.56 Å². The van der Waals surface area contributed by atoms with E-state index in [0.29, 0.717) is 38.9 Å². The van der Waals surface area contributed by atoms with E-state index in [-0.39, 0.29) is 17.6 Å². The van der Waals surface area contributed by atoms with E-state index in [2.05, 4.69) is 5.32 Å². The van der Waals surface area contributed by atoms with Crippen molar-refractivity contribution >= 4 is 17.7 Å². The Kier molecular flexibility index (Phi) is 5.56. The van der Waals surface area contributed by atoms with Gasteiger partial charge in [0.05, 0.1) is 0 Å². The van der Waals surface area contributed by atoms with Crippen LogP contribution in [0.2, 0.25) is 0 Å². The first-order chi connectivity index (χ1) is 11.0. The fourth-order valence-electron chi connectivity index (χ4n) is 2.57. The molecule has 124 valence electrons. The van der Waals surface area contributed by atoms with E-state index in [1.165, 1.54) is 4.90 Å². The highest BCUT2D eigenvalue weighted by molar-refractivity contribution is 6.35. The number of carbonyl (C=O) groups excluding carboxylic acids is 3. The first kappa shape index (κ1) is 16.8. The number of nitrogens with one attached hydrogen (secondary N) is 1. The third kappa shape index (κ3) is 4.70. The van der Waals surface area contributed by atoms with Crippen molar-refractivity contribution in [2.24, 2.45) is 11.7 Å². The lowest BCUT2D eigenvalue weighted by Gasteiger charge is -2.29. The van der Waals surface area contributed by atoms with Gasteiger partial charge in [0.15, 0.2) is 0 Å². The summed E-state index contributed by atoms with van der Waals surface area (Å²) in [6, 6.07) is 6.67. The summed E-state index contributed by atoms with van der Waals surface area (Å²) in [7, 11) is 0. The van der Waals surface area contributed by atoms with Crippen LogP contribution in [0, 0.1) is 5.92 Å². The molecule has 0 spiro atoms. The van der Waals surface area contributed by atoms with Crippen molar-refractivity contribution < 1.29 is 19.5 Å². The molecule has 1 aliphatic heterocycles. The zero-order chi connectivity index (χ0) is 16.8. The number of hydrogen-bond donors (Lipinski definition) is 3. The van der Waals surface area contributed by atoms with E-state index >= 15 is 0 Å². The molecule has 3 amide bonds. The molecular formula is C16H21N3O4. The number of phenols is 1. The molecule has 1 heterocycles. The number of phenolic OH excluding ortho intramolecular Hbond substituents is 1. The lowest BCUT2D eigenvalue weighted by Crippen LogP contribution is -2.48.